The van der Waals surface area contributed by atoms with Crippen molar-refractivity contribution >= 4 is 53.7 Å². The minimum Gasteiger partial charge on any atom is -0.494 e. The lowest BCUT2D eigenvalue weighted by Gasteiger charge is -2.36. The van der Waals surface area contributed by atoms with Crippen molar-refractivity contribution in [2.45, 2.75) is 31.5 Å². The largest absolute Gasteiger partial charge is 0.494 e. The van der Waals surface area contributed by atoms with E-state index in [4.69, 9.17) is 4.74 Å². The van der Waals surface area contributed by atoms with Gasteiger partial charge in [0.1, 0.15) is 5.75 Å². The maximum Gasteiger partial charge on any atom is 0.285 e. The molecule has 0 unspecified atom stereocenters. The number of rotatable bonds is 3. The molecule has 4 nitrogen and oxygen atoms in total. The molecule has 2 fully saturated rings. The number of fused-ring (bicyclic) bond motifs is 1. The Labute approximate surface area is 162 Å². The summed E-state index contributed by atoms with van der Waals surface area (Å²) >= 11 is 10.9. The van der Waals surface area contributed by atoms with Crippen LogP contribution in [0.2, 0.25) is 0 Å². The van der Waals surface area contributed by atoms with Gasteiger partial charge in [0.2, 0.25) is 0 Å². The highest BCUT2D eigenvalue weighted by Gasteiger charge is 2.57. The van der Waals surface area contributed by atoms with Crippen LogP contribution < -0.4 is 4.74 Å². The third-order valence-corrected chi connectivity index (χ3v) is 7.54. The van der Waals surface area contributed by atoms with E-state index in [-0.39, 0.29) is 18.1 Å². The first kappa shape index (κ1) is 17.7. The first-order valence-corrected chi connectivity index (χ1v) is 10.0. The van der Waals surface area contributed by atoms with Crippen LogP contribution in [-0.2, 0) is 11.2 Å². The van der Waals surface area contributed by atoms with Crippen LogP contribution in [0.5, 0.6) is 5.75 Å². The second-order valence-corrected chi connectivity index (χ2v) is 9.03. The molecule has 0 bridgehead atoms. The summed E-state index contributed by atoms with van der Waals surface area (Å²) in [6, 6.07) is 2.14. The fourth-order valence-electron chi connectivity index (χ4n) is 4.10. The first-order chi connectivity index (χ1) is 10.8. The van der Waals surface area contributed by atoms with Crippen LogP contribution in [0.1, 0.15) is 18.4 Å². The molecule has 3 rings (SSSR count). The smallest absolute Gasteiger partial charge is 0.285 e. The van der Waals surface area contributed by atoms with Crippen LogP contribution in [0.3, 0.4) is 0 Å². The number of hydrogen-bond acceptors (Lipinski definition) is 2. The molecule has 2 saturated heterocycles. The highest BCUT2D eigenvalue weighted by molar-refractivity contribution is 9.11. The third kappa shape index (κ3) is 2.68. The zero-order valence-corrected chi connectivity index (χ0v) is 18.2. The third-order valence-electron chi connectivity index (χ3n) is 5.40. The molecular weight excluding hydrogens is 492 g/mol. The number of ether oxygens (including phenoxy) is 1. The van der Waals surface area contributed by atoms with E-state index in [0.717, 1.165) is 55.0 Å². The van der Waals surface area contributed by atoms with Crippen molar-refractivity contribution in [3.8, 4) is 5.75 Å². The van der Waals surface area contributed by atoms with Crippen molar-refractivity contribution in [3.05, 3.63) is 25.0 Å². The van der Waals surface area contributed by atoms with Crippen molar-refractivity contribution in [2.75, 3.05) is 27.7 Å². The standard InChI is InChI=1S/C16H20Br3N2O2/c1-20-13(21(2)6-4-5-12(21)16(20)22)7-9-10(17)8-11(18)15(23-3)14(9)19/h8,12-13H,4-7H2,1-3H3/q+1/t12-,13+,21-/m0/s1. The highest BCUT2D eigenvalue weighted by Crippen LogP contribution is 2.44. The molecule has 0 N–H and O–H groups in total. The molecule has 0 aromatic heterocycles. The fourth-order valence-corrected chi connectivity index (χ4v) is 6.87. The summed E-state index contributed by atoms with van der Waals surface area (Å²) in [5, 5.41) is 0. The summed E-state index contributed by atoms with van der Waals surface area (Å²) in [4.78, 5) is 14.5. The number of halogens is 3. The molecule has 1 aromatic carbocycles. The predicted molar refractivity (Wildman–Crippen MR) is 100 cm³/mol. The molecule has 2 heterocycles. The first-order valence-electron chi connectivity index (χ1n) is 7.63. The lowest BCUT2D eigenvalue weighted by atomic mass is 10.1. The van der Waals surface area contributed by atoms with E-state index in [1.165, 1.54) is 0 Å². The lowest BCUT2D eigenvalue weighted by molar-refractivity contribution is -0.933. The molecule has 0 saturated carbocycles. The van der Waals surface area contributed by atoms with Crippen LogP contribution in [0, 0.1) is 0 Å². The van der Waals surface area contributed by atoms with Crippen LogP contribution >= 0.6 is 47.8 Å². The Morgan fingerprint density at radius 2 is 2.04 bits per heavy atom. The maximum absolute atomic E-state index is 12.6. The molecule has 0 radical (unpaired) electrons. The Balaban J connectivity index is 2.01. The highest BCUT2D eigenvalue weighted by atomic mass is 79.9. The van der Waals surface area contributed by atoms with Gasteiger partial charge in [-0.15, -0.1) is 0 Å². The minimum atomic E-state index is 0.125. The number of methoxy groups -OCH3 is 1. The summed E-state index contributed by atoms with van der Waals surface area (Å²) in [6.45, 7) is 1.06. The van der Waals surface area contributed by atoms with E-state index in [0.29, 0.717) is 0 Å². The van der Waals surface area contributed by atoms with Crippen LogP contribution in [0.25, 0.3) is 0 Å². The van der Waals surface area contributed by atoms with Gasteiger partial charge in [-0.1, -0.05) is 15.9 Å². The van der Waals surface area contributed by atoms with Crippen molar-refractivity contribution in [1.29, 1.82) is 0 Å². The van der Waals surface area contributed by atoms with E-state index in [9.17, 15) is 4.79 Å². The van der Waals surface area contributed by atoms with Crippen molar-refractivity contribution in [3.63, 3.8) is 0 Å². The van der Waals surface area contributed by atoms with Gasteiger partial charge >= 0.3 is 0 Å². The number of carbonyl (C=O) groups is 1. The summed E-state index contributed by atoms with van der Waals surface area (Å²) in [5.74, 6) is 1.07. The molecule has 0 aliphatic carbocycles. The molecular formula is C16H20Br3N2O2+. The van der Waals surface area contributed by atoms with E-state index in [1.54, 1.807) is 7.11 Å². The van der Waals surface area contributed by atoms with E-state index in [1.807, 2.05) is 18.0 Å². The van der Waals surface area contributed by atoms with Crippen molar-refractivity contribution < 1.29 is 14.0 Å². The SMILES string of the molecule is COc1c(Br)cc(Br)c(C[C@@H]2N(C)C(=O)[C@@H]3CCC[N@+]23C)c1Br. The predicted octanol–water partition coefficient (Wildman–Crippen LogP) is 3.93. The molecule has 7 heteroatoms. The van der Waals surface area contributed by atoms with Gasteiger partial charge in [-0.2, -0.15) is 0 Å². The van der Waals surface area contributed by atoms with Gasteiger partial charge in [0.05, 0.1) is 29.6 Å². The molecule has 3 atom stereocenters. The van der Waals surface area contributed by atoms with Gasteiger partial charge in [-0.25, -0.2) is 0 Å². The van der Waals surface area contributed by atoms with Gasteiger partial charge in [0, 0.05) is 30.8 Å². The number of quaternary nitrogens is 1. The zero-order valence-electron chi connectivity index (χ0n) is 13.4. The molecule has 23 heavy (non-hydrogen) atoms. The summed E-state index contributed by atoms with van der Waals surface area (Å²) < 4.78 is 9.18. The zero-order chi connectivity index (χ0) is 16.9. The normalized spacial score (nSPS) is 30.0. The Hall–Kier alpha value is -0.110. The number of hydrogen-bond donors (Lipinski definition) is 0. The second kappa shape index (κ2) is 6.32. The van der Waals surface area contributed by atoms with Gasteiger partial charge in [-0.05, 0) is 43.5 Å². The topological polar surface area (TPSA) is 29.5 Å². The Bertz CT molecular complexity index is 667. The average Bonchev–Trinajstić information content (AvgIpc) is 2.94. The van der Waals surface area contributed by atoms with Gasteiger partial charge in [0.25, 0.3) is 5.91 Å². The monoisotopic (exact) mass is 509 g/mol. The Kier molecular flexibility index (Phi) is 4.86. The molecule has 2 aliphatic heterocycles. The summed E-state index contributed by atoms with van der Waals surface area (Å²) in [6.07, 6.45) is 3.08. The Morgan fingerprint density at radius 3 is 2.70 bits per heavy atom. The number of amides is 1. The number of carbonyl (C=O) groups excluding carboxylic acids is 1. The summed E-state index contributed by atoms with van der Waals surface area (Å²) in [7, 11) is 5.83. The van der Waals surface area contributed by atoms with E-state index < -0.39 is 0 Å². The number of likely N-dealkylation sites (N-methyl/N-ethyl adjacent to an activating group) is 2. The average molecular weight is 512 g/mol. The molecule has 126 valence electrons. The fraction of sp³-hybridized carbons (Fsp3) is 0.562. The number of nitrogens with zero attached hydrogens (tertiary/aromatic N) is 2. The van der Waals surface area contributed by atoms with Crippen LogP contribution in [0.15, 0.2) is 19.5 Å². The van der Waals surface area contributed by atoms with Crippen LogP contribution in [0.4, 0.5) is 0 Å². The minimum absolute atomic E-state index is 0.125. The van der Waals surface area contributed by atoms with E-state index >= 15 is 0 Å². The van der Waals surface area contributed by atoms with Crippen molar-refractivity contribution in [2.24, 2.45) is 0 Å². The quantitative estimate of drug-likeness (QED) is 0.575. The molecule has 1 aromatic rings. The summed E-state index contributed by atoms with van der Waals surface area (Å²) in [5.41, 5.74) is 1.14. The lowest BCUT2D eigenvalue weighted by Crippen LogP contribution is -2.53. The molecule has 1 amide bonds. The van der Waals surface area contributed by atoms with Gasteiger partial charge in [-0.3, -0.25) is 14.2 Å². The number of benzene rings is 1. The van der Waals surface area contributed by atoms with Gasteiger partial charge < -0.3 is 4.74 Å². The van der Waals surface area contributed by atoms with Gasteiger partial charge in [0.15, 0.2) is 12.2 Å². The maximum atomic E-state index is 12.6. The van der Waals surface area contributed by atoms with E-state index in [2.05, 4.69) is 54.8 Å². The van der Waals surface area contributed by atoms with Crippen LogP contribution in [-0.4, -0.2) is 55.2 Å². The van der Waals surface area contributed by atoms with Crippen molar-refractivity contribution in [1.82, 2.24) is 4.90 Å². The second-order valence-electron chi connectivity index (χ2n) is 6.53. The molecule has 2 aliphatic rings. The Morgan fingerprint density at radius 1 is 1.35 bits per heavy atom. The molecule has 0 spiro atoms.